The molecule has 0 bridgehead atoms. The zero-order chi connectivity index (χ0) is 18.7. The first-order chi connectivity index (χ1) is 12.0. The second-order valence-corrected chi connectivity index (χ2v) is 20.3. The monoisotopic (exact) mass is 458 g/mol. The van der Waals surface area contributed by atoms with E-state index in [9.17, 15) is 4.79 Å². The van der Waals surface area contributed by atoms with Gasteiger partial charge in [-0.15, -0.1) is 0 Å². The molecule has 0 saturated heterocycles. The second kappa shape index (κ2) is 12.0. The Morgan fingerprint density at radius 2 is 1.60 bits per heavy atom. The Morgan fingerprint density at radius 1 is 1.08 bits per heavy atom. The van der Waals surface area contributed by atoms with Crippen LogP contribution in [0.2, 0.25) is 13.3 Å². The number of hydrogen-bond acceptors (Lipinski definition) is 3. The Morgan fingerprint density at radius 3 is 2.04 bits per heavy atom. The molecule has 0 spiro atoms. The number of hydrogen-bond donors (Lipinski definition) is 0. The van der Waals surface area contributed by atoms with Gasteiger partial charge in [-0.3, -0.25) is 0 Å². The first-order valence-corrected chi connectivity index (χ1v) is 17.7. The van der Waals surface area contributed by atoms with E-state index in [1.54, 1.807) is 0 Å². The van der Waals surface area contributed by atoms with E-state index in [0.29, 0.717) is 6.61 Å². The zero-order valence-corrected chi connectivity index (χ0v) is 19.9. The first-order valence-electron chi connectivity index (χ1n) is 10.2. The molecule has 0 aliphatic carbocycles. The maximum atomic E-state index is 12.1. The van der Waals surface area contributed by atoms with Crippen LogP contribution in [-0.4, -0.2) is 40.5 Å². The van der Waals surface area contributed by atoms with Crippen molar-refractivity contribution >= 4 is 28.1 Å². The standard InChI is InChI=1S/C8H11N2O2.3C4H9.Sn/c1-3-12-8(11)7(2)10-5-4-9-6-10;3*1-3-4-2;/h5-7H,3H2,1-2H3;3*1,3-4H2,2H3;. The van der Waals surface area contributed by atoms with Crippen LogP contribution in [0.15, 0.2) is 12.5 Å². The number of carbonyl (C=O) groups excluding carboxylic acids is 1. The Balaban J connectivity index is 3.08. The molecule has 0 aliphatic rings. The molecule has 1 unspecified atom stereocenters. The molecule has 25 heavy (non-hydrogen) atoms. The minimum absolute atomic E-state index is 0.164. The number of imidazole rings is 1. The van der Waals surface area contributed by atoms with E-state index in [4.69, 9.17) is 9.72 Å². The fraction of sp³-hybridized carbons (Fsp3) is 0.800. The third kappa shape index (κ3) is 6.61. The molecule has 4 nitrogen and oxygen atoms in total. The van der Waals surface area contributed by atoms with Crippen LogP contribution in [0.4, 0.5) is 0 Å². The van der Waals surface area contributed by atoms with Crippen LogP contribution in [0.1, 0.15) is 79.2 Å². The third-order valence-corrected chi connectivity index (χ3v) is 20.3. The normalized spacial score (nSPS) is 13.0. The molecule has 0 saturated carbocycles. The van der Waals surface area contributed by atoms with Gasteiger partial charge in [-0.05, 0) is 0 Å². The van der Waals surface area contributed by atoms with Crippen molar-refractivity contribution in [1.29, 1.82) is 0 Å². The van der Waals surface area contributed by atoms with Gasteiger partial charge >= 0.3 is 159 Å². The molecule has 0 aromatic carbocycles. The van der Waals surface area contributed by atoms with Gasteiger partial charge in [0.25, 0.3) is 0 Å². The van der Waals surface area contributed by atoms with Gasteiger partial charge in [0, 0.05) is 0 Å². The molecule has 0 amide bonds. The number of carbonyl (C=O) groups is 1. The summed E-state index contributed by atoms with van der Waals surface area (Å²) in [6, 6.07) is -0.284. The van der Waals surface area contributed by atoms with Crippen LogP contribution in [0.25, 0.3) is 0 Å². The summed E-state index contributed by atoms with van der Waals surface area (Å²) in [4.78, 5) is 16.9. The van der Waals surface area contributed by atoms with Crippen LogP contribution < -0.4 is 3.71 Å². The average molecular weight is 457 g/mol. The quantitative estimate of drug-likeness (QED) is 0.307. The maximum absolute atomic E-state index is 12.1. The summed E-state index contributed by atoms with van der Waals surface area (Å²) < 4.78 is 12.7. The summed E-state index contributed by atoms with van der Waals surface area (Å²) in [5.41, 5.74) is 0. The van der Waals surface area contributed by atoms with Crippen LogP contribution in [0, 0.1) is 0 Å². The van der Waals surface area contributed by atoms with Gasteiger partial charge in [0.2, 0.25) is 0 Å². The fourth-order valence-corrected chi connectivity index (χ4v) is 18.8. The summed E-state index contributed by atoms with van der Waals surface area (Å²) in [5, 5.41) is 0. The number of esters is 1. The molecule has 1 heterocycles. The van der Waals surface area contributed by atoms with Crippen molar-refractivity contribution in [2.24, 2.45) is 0 Å². The SMILES string of the molecule is CCC[CH2][Sn]([CH2]CCC)([CH2]CCC)[c]1cn(C(C)C(=O)OCC)cn1. The molecule has 1 rings (SSSR count). The van der Waals surface area contributed by atoms with Crippen LogP contribution in [0.3, 0.4) is 0 Å². The van der Waals surface area contributed by atoms with Crippen molar-refractivity contribution < 1.29 is 9.53 Å². The number of nitrogens with zero attached hydrogens (tertiary/aromatic N) is 2. The fourth-order valence-electron chi connectivity index (χ4n) is 3.51. The molecule has 1 atom stereocenters. The Kier molecular flexibility index (Phi) is 10.8. The molecule has 1 aromatic heterocycles. The van der Waals surface area contributed by atoms with E-state index >= 15 is 0 Å². The van der Waals surface area contributed by atoms with E-state index in [0.717, 1.165) is 0 Å². The minimum atomic E-state index is -2.49. The molecule has 0 fully saturated rings. The number of aromatic nitrogens is 2. The topological polar surface area (TPSA) is 44.1 Å². The predicted octanol–water partition coefficient (Wildman–Crippen LogP) is 5.06. The Bertz CT molecular complexity index is 480. The summed E-state index contributed by atoms with van der Waals surface area (Å²) >= 11 is -2.49. The van der Waals surface area contributed by atoms with Crippen molar-refractivity contribution in [2.45, 2.75) is 92.5 Å². The number of ether oxygens (including phenoxy) is 1. The molecular weight excluding hydrogens is 419 g/mol. The van der Waals surface area contributed by atoms with Gasteiger partial charge < -0.3 is 0 Å². The molecular formula is C20H38N2O2Sn. The average Bonchev–Trinajstić information content (AvgIpc) is 3.11. The number of unbranched alkanes of at least 4 members (excludes halogenated alkanes) is 3. The van der Waals surface area contributed by atoms with E-state index in [1.165, 1.54) is 55.5 Å². The van der Waals surface area contributed by atoms with Crippen molar-refractivity contribution in [3.8, 4) is 0 Å². The second-order valence-electron chi connectivity index (χ2n) is 7.23. The van der Waals surface area contributed by atoms with Crippen LogP contribution in [-0.2, 0) is 9.53 Å². The van der Waals surface area contributed by atoms with Gasteiger partial charge in [-0.2, -0.15) is 0 Å². The summed E-state index contributed by atoms with van der Waals surface area (Å²) in [5.74, 6) is -0.164. The van der Waals surface area contributed by atoms with Gasteiger partial charge in [-0.1, -0.05) is 0 Å². The molecule has 1 aromatic rings. The zero-order valence-electron chi connectivity index (χ0n) is 17.0. The summed E-state index contributed by atoms with van der Waals surface area (Å²) in [7, 11) is 0. The Hall–Kier alpha value is -0.521. The van der Waals surface area contributed by atoms with Crippen molar-refractivity contribution in [3.05, 3.63) is 12.5 Å². The van der Waals surface area contributed by atoms with Crippen molar-refractivity contribution in [3.63, 3.8) is 0 Å². The van der Waals surface area contributed by atoms with Crippen LogP contribution in [0.5, 0.6) is 0 Å². The van der Waals surface area contributed by atoms with Crippen molar-refractivity contribution in [1.82, 2.24) is 9.55 Å². The number of rotatable bonds is 13. The molecule has 0 N–H and O–H groups in total. The van der Waals surface area contributed by atoms with E-state index in [2.05, 4.69) is 27.0 Å². The van der Waals surface area contributed by atoms with Gasteiger partial charge in [0.15, 0.2) is 0 Å². The van der Waals surface area contributed by atoms with Crippen LogP contribution >= 0.6 is 0 Å². The van der Waals surface area contributed by atoms with Gasteiger partial charge in [0.1, 0.15) is 0 Å². The molecule has 0 aliphatic heterocycles. The molecule has 5 heteroatoms. The third-order valence-electron chi connectivity index (χ3n) is 5.25. The van der Waals surface area contributed by atoms with E-state index < -0.39 is 18.4 Å². The predicted molar refractivity (Wildman–Crippen MR) is 108 cm³/mol. The van der Waals surface area contributed by atoms with Gasteiger partial charge in [0.05, 0.1) is 0 Å². The summed E-state index contributed by atoms with van der Waals surface area (Å²) in [6.45, 7) is 11.1. The molecule has 0 radical (unpaired) electrons. The Labute approximate surface area is 158 Å². The first kappa shape index (κ1) is 22.5. The van der Waals surface area contributed by atoms with E-state index in [1.807, 2.05) is 24.7 Å². The van der Waals surface area contributed by atoms with E-state index in [-0.39, 0.29) is 12.0 Å². The summed E-state index contributed by atoms with van der Waals surface area (Å²) in [6.07, 6.45) is 11.8. The van der Waals surface area contributed by atoms with Gasteiger partial charge in [-0.25, -0.2) is 0 Å². The van der Waals surface area contributed by atoms with Crippen molar-refractivity contribution in [2.75, 3.05) is 6.61 Å². The molecule has 144 valence electrons.